The van der Waals surface area contributed by atoms with Crippen molar-refractivity contribution < 1.29 is 30.0 Å². The summed E-state index contributed by atoms with van der Waals surface area (Å²) >= 11 is 1.92. The number of aromatic nitrogens is 1. The minimum absolute atomic E-state index is 0. The van der Waals surface area contributed by atoms with Crippen molar-refractivity contribution in [1.82, 2.24) is 4.98 Å². The molecule has 2 heterocycles. The van der Waals surface area contributed by atoms with Gasteiger partial charge in [0, 0.05) is 65.0 Å². The number of thiophene rings is 1. The van der Waals surface area contributed by atoms with Gasteiger partial charge in [-0.15, -0.1) is 40.5 Å². The molecule has 0 saturated carbocycles. The minimum atomic E-state index is 0. The van der Waals surface area contributed by atoms with Crippen molar-refractivity contribution in [2.45, 2.75) is 92.4 Å². The van der Waals surface area contributed by atoms with E-state index in [9.17, 15) is 9.90 Å². The van der Waals surface area contributed by atoms with Crippen molar-refractivity contribution in [2.24, 2.45) is 11.8 Å². The smallest absolute Gasteiger partial charge is 0.162 e. The topological polar surface area (TPSA) is 50.2 Å². The number of carbonyl (C=O) groups excluding carboxylic acids is 1. The largest absolute Gasteiger partial charge is 0.512 e. The summed E-state index contributed by atoms with van der Waals surface area (Å²) in [5.41, 5.74) is 7.83. The van der Waals surface area contributed by atoms with Crippen LogP contribution in [0.25, 0.3) is 43.2 Å². The molecule has 6 rings (SSSR count). The molecule has 3 nitrogen and oxygen atoms in total. The molecule has 0 amide bonds. The van der Waals surface area contributed by atoms with Crippen molar-refractivity contribution in [3.05, 3.63) is 101 Å². The fourth-order valence-corrected chi connectivity index (χ4v) is 8.04. The molecule has 1 aliphatic carbocycles. The maximum atomic E-state index is 11.7. The van der Waals surface area contributed by atoms with Crippen LogP contribution in [0.1, 0.15) is 90.2 Å². The van der Waals surface area contributed by atoms with Crippen LogP contribution in [-0.4, -0.2) is 15.9 Å². The Morgan fingerprint density at radius 3 is 2.26 bits per heavy atom. The summed E-state index contributed by atoms with van der Waals surface area (Å²) in [6.07, 6.45) is 9.11. The zero-order valence-corrected chi connectivity index (χ0v) is 32.1. The molecular formula is C42H48IrNO2S-. The number of rotatable bonds is 8. The van der Waals surface area contributed by atoms with Crippen LogP contribution in [0.15, 0.2) is 78.7 Å². The van der Waals surface area contributed by atoms with Gasteiger partial charge in [0.05, 0.1) is 5.76 Å². The number of allylic oxidation sites excluding steroid dienone is 2. The maximum absolute atomic E-state index is 11.7. The quantitative estimate of drug-likeness (QED) is 0.0963. The van der Waals surface area contributed by atoms with Gasteiger partial charge in [-0.3, -0.25) is 9.78 Å². The number of hydrogen-bond acceptors (Lipinski definition) is 4. The van der Waals surface area contributed by atoms with Gasteiger partial charge in [-0.05, 0) is 66.5 Å². The van der Waals surface area contributed by atoms with E-state index in [0.29, 0.717) is 0 Å². The zero-order chi connectivity index (χ0) is 33.0. The van der Waals surface area contributed by atoms with Crippen LogP contribution in [0.3, 0.4) is 0 Å². The molecule has 0 atom stereocenters. The first-order valence-corrected chi connectivity index (χ1v) is 17.8. The van der Waals surface area contributed by atoms with E-state index >= 15 is 0 Å². The Bertz CT molecular complexity index is 1870. The summed E-state index contributed by atoms with van der Waals surface area (Å²) in [6.45, 7) is 14.9. The minimum Gasteiger partial charge on any atom is -0.512 e. The number of nitrogens with zero attached hydrogens (tertiary/aromatic N) is 1. The summed E-state index contributed by atoms with van der Waals surface area (Å²) in [7, 11) is 0. The van der Waals surface area contributed by atoms with Gasteiger partial charge in [-0.2, -0.15) is 0 Å². The second-order valence-corrected chi connectivity index (χ2v) is 14.6. The molecule has 0 saturated heterocycles. The van der Waals surface area contributed by atoms with Gasteiger partial charge in [0.2, 0.25) is 0 Å². The molecule has 1 radical (unpaired) electrons. The van der Waals surface area contributed by atoms with Crippen LogP contribution in [0.2, 0.25) is 0 Å². The fraction of sp³-hybridized carbons (Fsp3) is 0.381. The number of aryl methyl sites for hydroxylation is 2. The molecule has 1 aliphatic rings. The van der Waals surface area contributed by atoms with Crippen LogP contribution in [-0.2, 0) is 43.2 Å². The second-order valence-electron chi connectivity index (χ2n) is 13.5. The Kier molecular flexibility index (Phi) is 12.4. The molecule has 0 bridgehead atoms. The van der Waals surface area contributed by atoms with Gasteiger partial charge >= 0.3 is 0 Å². The van der Waals surface area contributed by atoms with Gasteiger partial charge in [-0.1, -0.05) is 102 Å². The van der Waals surface area contributed by atoms with E-state index in [1.807, 2.05) is 45.2 Å². The summed E-state index contributed by atoms with van der Waals surface area (Å²) in [6, 6.07) is 25.7. The van der Waals surface area contributed by atoms with Gasteiger partial charge in [0.25, 0.3) is 0 Å². The molecule has 5 heteroatoms. The molecule has 5 aromatic rings. The van der Waals surface area contributed by atoms with Crippen molar-refractivity contribution in [1.29, 1.82) is 0 Å². The van der Waals surface area contributed by atoms with E-state index in [0.717, 1.165) is 55.2 Å². The van der Waals surface area contributed by atoms with Gasteiger partial charge < -0.3 is 5.11 Å². The van der Waals surface area contributed by atoms with Crippen molar-refractivity contribution >= 4 is 38.0 Å². The first-order valence-electron chi connectivity index (χ1n) is 17.0. The average molecular weight is 823 g/mol. The van der Waals surface area contributed by atoms with Crippen LogP contribution in [0.4, 0.5) is 0 Å². The third-order valence-electron chi connectivity index (χ3n) is 9.51. The fourth-order valence-electron chi connectivity index (χ4n) is 6.72. The Hall–Kier alpha value is -3.11. The number of aliphatic hydroxyl groups is 1. The predicted molar refractivity (Wildman–Crippen MR) is 197 cm³/mol. The number of pyridine rings is 1. The Morgan fingerprint density at radius 2 is 1.57 bits per heavy atom. The second kappa shape index (κ2) is 15.9. The summed E-state index contributed by atoms with van der Waals surface area (Å²) < 4.78 is 1.29. The Balaban J connectivity index is 0.000000269. The standard InChI is InChI=1S/C29H24NS.C13H24O2.Ir/c1-29(2,3)24-17-20(16-19-9-5-6-10-21(19)24)27-28-23(14-15-30-27)26-22-11-7-4-8-18(22)12-13-25(26)31-28;1-5-10(6-2)12(14)9-13(15)11(7-3)8-4;/h4-11,14-15,17H,12-13H2,1-3H3;9-11,14H,5-8H2,1-4H3;/q-1;;/b;12-9-;. The van der Waals surface area contributed by atoms with Crippen LogP contribution >= 0.6 is 11.3 Å². The predicted octanol–water partition coefficient (Wildman–Crippen LogP) is 11.8. The summed E-state index contributed by atoms with van der Waals surface area (Å²) in [5, 5.41) is 13.5. The van der Waals surface area contributed by atoms with Crippen molar-refractivity contribution in [3.63, 3.8) is 0 Å². The SMILES string of the molecule is CC(C)(C)c1cc(-c2nccc3c4c(sc23)CCc2ccccc2-4)[c-]c2ccccc12.CCC(CC)C(=O)/C=C(\O)C(CC)CC.[Ir]. The number of fused-ring (bicyclic) bond motifs is 6. The number of ketones is 1. The van der Waals surface area contributed by atoms with Crippen molar-refractivity contribution in [3.8, 4) is 22.4 Å². The summed E-state index contributed by atoms with van der Waals surface area (Å²) in [4.78, 5) is 18.1. The Labute approximate surface area is 298 Å². The monoisotopic (exact) mass is 823 g/mol. The summed E-state index contributed by atoms with van der Waals surface area (Å²) in [5.74, 6) is 0.547. The molecule has 0 unspecified atom stereocenters. The van der Waals surface area contributed by atoms with Gasteiger partial charge in [0.15, 0.2) is 5.78 Å². The van der Waals surface area contributed by atoms with Gasteiger partial charge in [-0.25, -0.2) is 0 Å². The van der Waals surface area contributed by atoms with E-state index in [2.05, 4.69) is 87.5 Å². The van der Waals surface area contributed by atoms with Crippen LogP contribution < -0.4 is 0 Å². The van der Waals surface area contributed by atoms with E-state index < -0.39 is 0 Å². The number of hydrogen-bond donors (Lipinski definition) is 1. The third-order valence-corrected chi connectivity index (χ3v) is 10.8. The molecule has 249 valence electrons. The maximum Gasteiger partial charge on any atom is 0.162 e. The van der Waals surface area contributed by atoms with E-state index in [1.54, 1.807) is 0 Å². The molecule has 0 spiro atoms. The van der Waals surface area contributed by atoms with Crippen LogP contribution in [0, 0.1) is 17.9 Å². The molecule has 1 N–H and O–H groups in total. The molecular weight excluding hydrogens is 775 g/mol. The average Bonchev–Trinajstić information content (AvgIpc) is 3.45. The zero-order valence-electron chi connectivity index (χ0n) is 28.9. The molecule has 0 fully saturated rings. The van der Waals surface area contributed by atoms with Gasteiger partial charge in [0.1, 0.15) is 0 Å². The van der Waals surface area contributed by atoms with Crippen LogP contribution in [0.5, 0.6) is 0 Å². The number of carbonyl (C=O) groups is 1. The third kappa shape index (κ3) is 7.80. The first kappa shape index (κ1) is 36.7. The van der Waals surface area contributed by atoms with E-state index in [-0.39, 0.29) is 48.9 Å². The van der Waals surface area contributed by atoms with E-state index in [1.165, 1.54) is 48.7 Å². The molecule has 47 heavy (non-hydrogen) atoms. The number of benzene rings is 3. The molecule has 3 aromatic carbocycles. The van der Waals surface area contributed by atoms with Crippen molar-refractivity contribution in [2.75, 3.05) is 0 Å². The Morgan fingerprint density at radius 1 is 0.915 bits per heavy atom. The normalized spacial score (nSPS) is 12.8. The first-order chi connectivity index (χ1) is 22.1. The number of aliphatic hydroxyl groups excluding tert-OH is 1. The van der Waals surface area contributed by atoms with E-state index in [4.69, 9.17) is 4.98 Å². The molecule has 0 aliphatic heterocycles. The molecule has 2 aromatic heterocycles.